The quantitative estimate of drug-likeness (QED) is 0.590. The van der Waals surface area contributed by atoms with E-state index in [0.29, 0.717) is 5.76 Å². The Balaban J connectivity index is 2.81. The molecule has 1 aliphatic carbocycles. The molecule has 56 valence electrons. The van der Waals surface area contributed by atoms with Gasteiger partial charge in [0.15, 0.2) is 0 Å². The van der Waals surface area contributed by atoms with Gasteiger partial charge in [0.1, 0.15) is 0 Å². The molecule has 0 amide bonds. The highest BCUT2D eigenvalue weighted by molar-refractivity contribution is 5.19. The van der Waals surface area contributed by atoms with Crippen LogP contribution in [-0.4, -0.2) is 5.11 Å². The lowest BCUT2D eigenvalue weighted by atomic mass is 9.79. The second-order valence-electron chi connectivity index (χ2n) is 3.10. The van der Waals surface area contributed by atoms with E-state index in [4.69, 9.17) is 0 Å². The molecule has 0 fully saturated rings. The van der Waals surface area contributed by atoms with E-state index >= 15 is 0 Å². The largest absolute Gasteiger partial charge is 0.512 e. The summed E-state index contributed by atoms with van der Waals surface area (Å²) < 4.78 is 0. The summed E-state index contributed by atoms with van der Waals surface area (Å²) in [4.78, 5) is 0. The Morgan fingerprint density at radius 2 is 2.40 bits per heavy atom. The van der Waals surface area contributed by atoms with Gasteiger partial charge in [0.25, 0.3) is 0 Å². The molecule has 0 aliphatic heterocycles. The lowest BCUT2D eigenvalue weighted by molar-refractivity contribution is 0.229. The van der Waals surface area contributed by atoms with Crippen LogP contribution in [0.15, 0.2) is 24.0 Å². The third-order valence-corrected chi connectivity index (χ3v) is 2.36. The molecule has 0 radical (unpaired) electrons. The molecule has 0 saturated heterocycles. The molecule has 10 heavy (non-hydrogen) atoms. The standard InChI is InChI=1S/C9H14O/c1-3-9(2)7-5-4-6-8(9)10/h4-6,10H,3,7H2,1-2H3. The van der Waals surface area contributed by atoms with Crippen molar-refractivity contribution in [1.82, 2.24) is 0 Å². The van der Waals surface area contributed by atoms with Gasteiger partial charge in [0.05, 0.1) is 5.76 Å². The van der Waals surface area contributed by atoms with Crippen molar-refractivity contribution < 1.29 is 5.11 Å². The van der Waals surface area contributed by atoms with Crippen molar-refractivity contribution in [2.75, 3.05) is 0 Å². The number of aliphatic hydroxyl groups is 1. The van der Waals surface area contributed by atoms with Gasteiger partial charge in [-0.3, -0.25) is 0 Å². The zero-order valence-electron chi connectivity index (χ0n) is 6.59. The normalized spacial score (nSPS) is 32.0. The fourth-order valence-corrected chi connectivity index (χ4v) is 1.12. The molecule has 1 rings (SSSR count). The highest BCUT2D eigenvalue weighted by Gasteiger charge is 2.26. The zero-order valence-corrected chi connectivity index (χ0v) is 6.59. The summed E-state index contributed by atoms with van der Waals surface area (Å²) in [7, 11) is 0. The molecular weight excluding hydrogens is 124 g/mol. The molecule has 1 atom stereocenters. The maximum absolute atomic E-state index is 9.44. The molecule has 0 saturated carbocycles. The molecule has 1 N–H and O–H groups in total. The van der Waals surface area contributed by atoms with Gasteiger partial charge in [-0.1, -0.05) is 26.0 Å². The first kappa shape index (κ1) is 7.39. The van der Waals surface area contributed by atoms with E-state index < -0.39 is 0 Å². The number of hydrogen-bond acceptors (Lipinski definition) is 1. The van der Waals surface area contributed by atoms with Crippen molar-refractivity contribution >= 4 is 0 Å². The second kappa shape index (κ2) is 2.49. The van der Waals surface area contributed by atoms with Crippen LogP contribution in [0.4, 0.5) is 0 Å². The Kier molecular flexibility index (Phi) is 1.84. The minimum atomic E-state index is 0.00868. The Hall–Kier alpha value is -0.720. The number of allylic oxidation sites excluding steroid dienone is 4. The van der Waals surface area contributed by atoms with Gasteiger partial charge in [-0.05, 0) is 18.9 Å². The van der Waals surface area contributed by atoms with Gasteiger partial charge in [-0.25, -0.2) is 0 Å². The van der Waals surface area contributed by atoms with Crippen molar-refractivity contribution in [2.24, 2.45) is 5.41 Å². The SMILES string of the molecule is CCC1(C)CC=CC=C1O. The van der Waals surface area contributed by atoms with Crippen LogP contribution in [0.3, 0.4) is 0 Å². The van der Waals surface area contributed by atoms with Crippen molar-refractivity contribution in [3.8, 4) is 0 Å². The molecule has 1 nitrogen and oxygen atoms in total. The monoisotopic (exact) mass is 138 g/mol. The zero-order chi connectivity index (χ0) is 7.61. The van der Waals surface area contributed by atoms with E-state index in [-0.39, 0.29) is 5.41 Å². The molecule has 0 spiro atoms. The molecule has 0 aromatic heterocycles. The Bertz CT molecular complexity index is 179. The molecule has 0 aromatic carbocycles. The number of aliphatic hydroxyl groups excluding tert-OH is 1. The fourth-order valence-electron chi connectivity index (χ4n) is 1.12. The average molecular weight is 138 g/mol. The van der Waals surface area contributed by atoms with Gasteiger partial charge < -0.3 is 5.11 Å². The van der Waals surface area contributed by atoms with Gasteiger partial charge in [-0.15, -0.1) is 0 Å². The minimum Gasteiger partial charge on any atom is -0.512 e. The van der Waals surface area contributed by atoms with E-state index in [2.05, 4.69) is 19.9 Å². The van der Waals surface area contributed by atoms with Gasteiger partial charge in [-0.2, -0.15) is 0 Å². The third kappa shape index (κ3) is 1.08. The van der Waals surface area contributed by atoms with E-state index in [1.54, 1.807) is 6.08 Å². The maximum atomic E-state index is 9.44. The van der Waals surface area contributed by atoms with Crippen LogP contribution in [0.5, 0.6) is 0 Å². The summed E-state index contributed by atoms with van der Waals surface area (Å²) in [6.45, 7) is 4.19. The molecule has 1 unspecified atom stereocenters. The predicted molar refractivity (Wildman–Crippen MR) is 42.9 cm³/mol. The number of hydrogen-bond donors (Lipinski definition) is 1. The highest BCUT2D eigenvalue weighted by atomic mass is 16.3. The van der Waals surface area contributed by atoms with Gasteiger partial charge in [0.2, 0.25) is 0 Å². The Morgan fingerprint density at radius 1 is 1.70 bits per heavy atom. The lowest BCUT2D eigenvalue weighted by Gasteiger charge is -2.27. The third-order valence-electron chi connectivity index (χ3n) is 2.36. The van der Waals surface area contributed by atoms with Crippen LogP contribution >= 0.6 is 0 Å². The number of rotatable bonds is 1. The van der Waals surface area contributed by atoms with Crippen LogP contribution in [0, 0.1) is 5.41 Å². The summed E-state index contributed by atoms with van der Waals surface area (Å²) in [5.41, 5.74) is 0.00868. The minimum absolute atomic E-state index is 0.00868. The van der Waals surface area contributed by atoms with Crippen molar-refractivity contribution in [1.29, 1.82) is 0 Å². The van der Waals surface area contributed by atoms with E-state index in [1.807, 2.05) is 6.08 Å². The average Bonchev–Trinajstić information content (AvgIpc) is 1.96. The van der Waals surface area contributed by atoms with Crippen LogP contribution in [0.25, 0.3) is 0 Å². The van der Waals surface area contributed by atoms with Crippen LogP contribution in [-0.2, 0) is 0 Å². The van der Waals surface area contributed by atoms with Crippen molar-refractivity contribution in [3.05, 3.63) is 24.0 Å². The highest BCUT2D eigenvalue weighted by Crippen LogP contribution is 2.35. The van der Waals surface area contributed by atoms with Gasteiger partial charge >= 0.3 is 0 Å². The van der Waals surface area contributed by atoms with Gasteiger partial charge in [0, 0.05) is 5.41 Å². The van der Waals surface area contributed by atoms with Crippen LogP contribution < -0.4 is 0 Å². The van der Waals surface area contributed by atoms with E-state index in [0.717, 1.165) is 12.8 Å². The first-order chi connectivity index (χ1) is 4.69. The second-order valence-corrected chi connectivity index (χ2v) is 3.10. The summed E-state index contributed by atoms with van der Waals surface area (Å²) in [6, 6.07) is 0. The Labute approximate surface area is 62.1 Å². The molecule has 0 heterocycles. The van der Waals surface area contributed by atoms with Crippen molar-refractivity contribution in [3.63, 3.8) is 0 Å². The topological polar surface area (TPSA) is 20.2 Å². The van der Waals surface area contributed by atoms with Crippen molar-refractivity contribution in [2.45, 2.75) is 26.7 Å². The Morgan fingerprint density at radius 3 is 2.80 bits per heavy atom. The predicted octanol–water partition coefficient (Wildman–Crippen LogP) is 2.80. The molecule has 1 aliphatic rings. The summed E-state index contributed by atoms with van der Waals surface area (Å²) in [5, 5.41) is 9.44. The molecule has 0 bridgehead atoms. The summed E-state index contributed by atoms with van der Waals surface area (Å²) >= 11 is 0. The molecule has 1 heteroatoms. The molecular formula is C9H14O. The first-order valence-electron chi connectivity index (χ1n) is 3.75. The smallest absolute Gasteiger partial charge is 0.0984 e. The van der Waals surface area contributed by atoms with Crippen LogP contribution in [0.2, 0.25) is 0 Å². The van der Waals surface area contributed by atoms with E-state index in [1.165, 1.54) is 0 Å². The first-order valence-corrected chi connectivity index (χ1v) is 3.75. The summed E-state index contributed by atoms with van der Waals surface area (Å²) in [6.07, 6.45) is 7.76. The lowest BCUT2D eigenvalue weighted by Crippen LogP contribution is -2.18. The molecule has 0 aromatic rings. The fraction of sp³-hybridized carbons (Fsp3) is 0.556. The van der Waals surface area contributed by atoms with E-state index in [9.17, 15) is 5.11 Å². The summed E-state index contributed by atoms with van der Waals surface area (Å²) in [5.74, 6) is 0.525. The maximum Gasteiger partial charge on any atom is 0.0984 e. The van der Waals surface area contributed by atoms with Crippen LogP contribution in [0.1, 0.15) is 26.7 Å².